The van der Waals surface area contributed by atoms with Crippen LogP contribution in [0, 0.1) is 5.92 Å². The van der Waals surface area contributed by atoms with Crippen molar-refractivity contribution >= 4 is 35.6 Å². The Labute approximate surface area is 157 Å². The van der Waals surface area contributed by atoms with Gasteiger partial charge in [0.25, 0.3) is 0 Å². The molecule has 1 aromatic rings. The molecule has 0 saturated heterocycles. The van der Waals surface area contributed by atoms with E-state index in [1.807, 2.05) is 24.3 Å². The van der Waals surface area contributed by atoms with Crippen molar-refractivity contribution < 1.29 is 9.47 Å². The number of hydrogen-bond donors (Lipinski definition) is 2. The molecule has 132 valence electrons. The molecular formula is C17H30IN3O2. The van der Waals surface area contributed by atoms with Gasteiger partial charge in [-0.3, -0.25) is 4.99 Å². The predicted molar refractivity (Wildman–Crippen MR) is 108 cm³/mol. The summed E-state index contributed by atoms with van der Waals surface area (Å²) in [4.78, 5) is 4.23. The van der Waals surface area contributed by atoms with E-state index in [9.17, 15) is 0 Å². The molecule has 6 heteroatoms. The SMILES string of the molecule is CN=C(NCCC(C)C)Nc1cccc(OCCCOC)c1.I. The number of ether oxygens (including phenoxy) is 2. The highest BCUT2D eigenvalue weighted by Crippen LogP contribution is 2.17. The zero-order valence-electron chi connectivity index (χ0n) is 14.6. The maximum Gasteiger partial charge on any atom is 0.195 e. The van der Waals surface area contributed by atoms with Crippen LogP contribution in [0.5, 0.6) is 5.75 Å². The van der Waals surface area contributed by atoms with Gasteiger partial charge in [0.15, 0.2) is 5.96 Å². The van der Waals surface area contributed by atoms with Gasteiger partial charge in [-0.05, 0) is 24.5 Å². The fraction of sp³-hybridized carbons (Fsp3) is 0.588. The number of rotatable bonds is 9. The fourth-order valence-electron chi connectivity index (χ4n) is 1.85. The van der Waals surface area contributed by atoms with Crippen molar-refractivity contribution in [2.75, 3.05) is 39.2 Å². The van der Waals surface area contributed by atoms with Crippen molar-refractivity contribution in [2.45, 2.75) is 26.7 Å². The monoisotopic (exact) mass is 435 g/mol. The molecule has 0 aliphatic heterocycles. The van der Waals surface area contributed by atoms with Crippen LogP contribution in [0.2, 0.25) is 0 Å². The number of halogens is 1. The molecule has 0 spiro atoms. The van der Waals surface area contributed by atoms with E-state index in [0.717, 1.165) is 36.8 Å². The van der Waals surface area contributed by atoms with Crippen molar-refractivity contribution in [2.24, 2.45) is 10.9 Å². The van der Waals surface area contributed by atoms with Gasteiger partial charge in [-0.1, -0.05) is 19.9 Å². The molecule has 1 rings (SSSR count). The topological polar surface area (TPSA) is 54.9 Å². The van der Waals surface area contributed by atoms with E-state index < -0.39 is 0 Å². The van der Waals surface area contributed by atoms with Crippen LogP contribution in [0.4, 0.5) is 5.69 Å². The van der Waals surface area contributed by atoms with Crippen LogP contribution in [0.25, 0.3) is 0 Å². The number of benzene rings is 1. The predicted octanol–water partition coefficient (Wildman–Crippen LogP) is 3.75. The molecule has 0 radical (unpaired) electrons. The summed E-state index contributed by atoms with van der Waals surface area (Å²) in [5.41, 5.74) is 0.960. The summed E-state index contributed by atoms with van der Waals surface area (Å²) in [6, 6.07) is 7.89. The first-order valence-electron chi connectivity index (χ1n) is 7.85. The summed E-state index contributed by atoms with van der Waals surface area (Å²) in [6.45, 7) is 6.69. The number of anilines is 1. The molecule has 23 heavy (non-hydrogen) atoms. The largest absolute Gasteiger partial charge is 0.493 e. The lowest BCUT2D eigenvalue weighted by Gasteiger charge is -2.14. The molecule has 0 amide bonds. The van der Waals surface area contributed by atoms with E-state index in [2.05, 4.69) is 29.5 Å². The first kappa shape index (κ1) is 22.0. The summed E-state index contributed by atoms with van der Waals surface area (Å²) in [5.74, 6) is 2.30. The minimum Gasteiger partial charge on any atom is -0.493 e. The molecule has 0 aromatic heterocycles. The Morgan fingerprint density at radius 2 is 2.04 bits per heavy atom. The van der Waals surface area contributed by atoms with Gasteiger partial charge < -0.3 is 20.1 Å². The number of nitrogens with zero attached hydrogens (tertiary/aromatic N) is 1. The van der Waals surface area contributed by atoms with E-state index in [1.54, 1.807) is 14.2 Å². The van der Waals surface area contributed by atoms with Gasteiger partial charge in [0, 0.05) is 45.5 Å². The van der Waals surface area contributed by atoms with Crippen molar-refractivity contribution in [1.82, 2.24) is 5.32 Å². The van der Waals surface area contributed by atoms with Crippen molar-refractivity contribution in [3.05, 3.63) is 24.3 Å². The molecule has 0 aliphatic carbocycles. The molecule has 5 nitrogen and oxygen atoms in total. The highest BCUT2D eigenvalue weighted by Gasteiger charge is 2.02. The molecular weight excluding hydrogens is 405 g/mol. The molecule has 0 fully saturated rings. The van der Waals surface area contributed by atoms with Gasteiger partial charge in [0.2, 0.25) is 0 Å². The maximum absolute atomic E-state index is 5.70. The van der Waals surface area contributed by atoms with Crippen molar-refractivity contribution in [3.63, 3.8) is 0 Å². The Hall–Kier alpha value is -1.02. The van der Waals surface area contributed by atoms with E-state index in [4.69, 9.17) is 9.47 Å². The molecule has 2 N–H and O–H groups in total. The van der Waals surface area contributed by atoms with Crippen LogP contribution in [-0.4, -0.2) is 39.9 Å². The molecule has 0 unspecified atom stereocenters. The van der Waals surface area contributed by atoms with Crippen LogP contribution in [0.15, 0.2) is 29.3 Å². The summed E-state index contributed by atoms with van der Waals surface area (Å²) >= 11 is 0. The number of hydrogen-bond acceptors (Lipinski definition) is 3. The van der Waals surface area contributed by atoms with E-state index in [1.165, 1.54) is 0 Å². The zero-order valence-corrected chi connectivity index (χ0v) is 16.9. The van der Waals surface area contributed by atoms with Gasteiger partial charge in [-0.25, -0.2) is 0 Å². The average molecular weight is 435 g/mol. The summed E-state index contributed by atoms with van der Waals surface area (Å²) in [7, 11) is 3.47. The highest BCUT2D eigenvalue weighted by atomic mass is 127. The summed E-state index contributed by atoms with van der Waals surface area (Å²) < 4.78 is 10.7. The minimum absolute atomic E-state index is 0. The molecule has 0 saturated carbocycles. The standard InChI is InChI=1S/C17H29N3O2.HI/c1-14(2)9-10-19-17(18-3)20-15-7-5-8-16(13-15)22-12-6-11-21-4;/h5,7-8,13-14H,6,9-12H2,1-4H3,(H2,18,19,20);1H. The van der Waals surface area contributed by atoms with Crippen LogP contribution in [0.3, 0.4) is 0 Å². The summed E-state index contributed by atoms with van der Waals surface area (Å²) in [5, 5.41) is 6.59. The maximum atomic E-state index is 5.70. The second-order valence-corrected chi connectivity index (χ2v) is 5.53. The van der Waals surface area contributed by atoms with Crippen LogP contribution in [-0.2, 0) is 4.74 Å². The van der Waals surface area contributed by atoms with Gasteiger partial charge in [0.05, 0.1) is 6.61 Å². The van der Waals surface area contributed by atoms with Crippen LogP contribution >= 0.6 is 24.0 Å². The second-order valence-electron chi connectivity index (χ2n) is 5.53. The minimum atomic E-state index is 0. The smallest absolute Gasteiger partial charge is 0.195 e. The van der Waals surface area contributed by atoms with Gasteiger partial charge in [0.1, 0.15) is 5.75 Å². The van der Waals surface area contributed by atoms with E-state index in [-0.39, 0.29) is 24.0 Å². The molecule has 0 bridgehead atoms. The number of aliphatic imine (C=N–C) groups is 1. The van der Waals surface area contributed by atoms with Gasteiger partial charge >= 0.3 is 0 Å². The number of methoxy groups -OCH3 is 1. The second kappa shape index (κ2) is 13.4. The third-order valence-electron chi connectivity index (χ3n) is 3.10. The zero-order chi connectivity index (χ0) is 16.2. The van der Waals surface area contributed by atoms with Gasteiger partial charge in [-0.2, -0.15) is 0 Å². The summed E-state index contributed by atoms with van der Waals surface area (Å²) in [6.07, 6.45) is 2.00. The lowest BCUT2D eigenvalue weighted by molar-refractivity contribution is 0.172. The van der Waals surface area contributed by atoms with Crippen LogP contribution < -0.4 is 15.4 Å². The van der Waals surface area contributed by atoms with E-state index in [0.29, 0.717) is 19.1 Å². The third kappa shape index (κ3) is 10.4. The van der Waals surface area contributed by atoms with Crippen molar-refractivity contribution in [3.8, 4) is 5.75 Å². The Morgan fingerprint density at radius 3 is 2.70 bits per heavy atom. The van der Waals surface area contributed by atoms with Crippen molar-refractivity contribution in [1.29, 1.82) is 0 Å². The number of nitrogens with one attached hydrogen (secondary N) is 2. The van der Waals surface area contributed by atoms with Crippen LogP contribution in [0.1, 0.15) is 26.7 Å². The normalized spacial score (nSPS) is 11.1. The lowest BCUT2D eigenvalue weighted by atomic mass is 10.1. The molecule has 1 aromatic carbocycles. The number of guanidine groups is 1. The molecule has 0 atom stereocenters. The molecule has 0 aliphatic rings. The Balaban J connectivity index is 0.00000484. The quantitative estimate of drug-likeness (QED) is 0.269. The van der Waals surface area contributed by atoms with Gasteiger partial charge in [-0.15, -0.1) is 24.0 Å². The molecule has 0 heterocycles. The lowest BCUT2D eigenvalue weighted by Crippen LogP contribution is -2.31. The highest BCUT2D eigenvalue weighted by molar-refractivity contribution is 14.0. The Morgan fingerprint density at radius 1 is 1.26 bits per heavy atom. The van der Waals surface area contributed by atoms with E-state index >= 15 is 0 Å². The Kier molecular flexibility index (Phi) is 12.8. The third-order valence-corrected chi connectivity index (χ3v) is 3.10. The average Bonchev–Trinajstić information content (AvgIpc) is 2.50. The first-order valence-corrected chi connectivity index (χ1v) is 7.85. The fourth-order valence-corrected chi connectivity index (χ4v) is 1.85. The first-order chi connectivity index (χ1) is 10.7. The Bertz CT molecular complexity index is 453.